The summed E-state index contributed by atoms with van der Waals surface area (Å²) < 4.78 is 0. The second-order valence-electron chi connectivity index (χ2n) is 2.31. The number of carboxylic acid groups (broad SMARTS) is 1. The third-order valence-corrected chi connectivity index (χ3v) is 1.11. The standard InChI is InChI=1S/C7H11NO3/c1-4(2)6(9)8-5(3)7(10)11/h5H,1H2,2-3H3,(H,8,9)(H,10,11)/t5-/m0/s1. The normalized spacial score (nSPS) is 11.8. The van der Waals surface area contributed by atoms with E-state index in [1.54, 1.807) is 0 Å². The smallest absolute Gasteiger partial charge is 0.325 e. The molecule has 0 aliphatic carbocycles. The van der Waals surface area contributed by atoms with Crippen LogP contribution in [0.25, 0.3) is 0 Å². The van der Waals surface area contributed by atoms with Crippen LogP contribution in [-0.2, 0) is 9.59 Å². The van der Waals surface area contributed by atoms with Gasteiger partial charge < -0.3 is 10.4 Å². The van der Waals surface area contributed by atoms with E-state index in [4.69, 9.17) is 5.11 Å². The Kier molecular flexibility index (Phi) is 3.30. The zero-order valence-corrected chi connectivity index (χ0v) is 6.55. The molecule has 0 saturated heterocycles. The fourth-order valence-electron chi connectivity index (χ4n) is 0.382. The highest BCUT2D eigenvalue weighted by Gasteiger charge is 2.13. The van der Waals surface area contributed by atoms with Crippen LogP contribution in [0, 0.1) is 0 Å². The molecule has 11 heavy (non-hydrogen) atoms. The Morgan fingerprint density at radius 2 is 2.00 bits per heavy atom. The van der Waals surface area contributed by atoms with Gasteiger partial charge in [-0.2, -0.15) is 0 Å². The maximum atomic E-state index is 10.8. The average molecular weight is 157 g/mol. The van der Waals surface area contributed by atoms with Crippen LogP contribution in [0.15, 0.2) is 12.2 Å². The van der Waals surface area contributed by atoms with Crippen molar-refractivity contribution in [2.45, 2.75) is 19.9 Å². The molecule has 4 heteroatoms. The van der Waals surface area contributed by atoms with E-state index in [2.05, 4.69) is 11.9 Å². The number of hydrogen-bond acceptors (Lipinski definition) is 2. The number of carbonyl (C=O) groups excluding carboxylic acids is 1. The minimum atomic E-state index is -1.06. The zero-order chi connectivity index (χ0) is 9.02. The van der Waals surface area contributed by atoms with Gasteiger partial charge in [-0.3, -0.25) is 9.59 Å². The van der Waals surface area contributed by atoms with E-state index in [1.807, 2.05) is 0 Å². The van der Waals surface area contributed by atoms with Crippen LogP contribution < -0.4 is 5.32 Å². The molecule has 0 fully saturated rings. The summed E-state index contributed by atoms with van der Waals surface area (Å²) in [7, 11) is 0. The van der Waals surface area contributed by atoms with Crippen LogP contribution in [0.2, 0.25) is 0 Å². The summed E-state index contributed by atoms with van der Waals surface area (Å²) in [5.74, 6) is -1.49. The summed E-state index contributed by atoms with van der Waals surface area (Å²) in [6, 6.07) is -0.862. The van der Waals surface area contributed by atoms with Crippen molar-refractivity contribution < 1.29 is 14.7 Å². The first-order valence-corrected chi connectivity index (χ1v) is 3.14. The zero-order valence-electron chi connectivity index (χ0n) is 6.55. The molecule has 0 heterocycles. The highest BCUT2D eigenvalue weighted by molar-refractivity contribution is 5.94. The molecule has 0 aliphatic heterocycles. The van der Waals surface area contributed by atoms with E-state index in [9.17, 15) is 9.59 Å². The van der Waals surface area contributed by atoms with Gasteiger partial charge in [-0.1, -0.05) is 6.58 Å². The van der Waals surface area contributed by atoms with Crippen molar-refractivity contribution >= 4 is 11.9 Å². The van der Waals surface area contributed by atoms with Crippen LogP contribution in [0.1, 0.15) is 13.8 Å². The molecular weight excluding hydrogens is 146 g/mol. The average Bonchev–Trinajstić information content (AvgIpc) is 1.87. The predicted molar refractivity (Wildman–Crippen MR) is 40.1 cm³/mol. The third-order valence-electron chi connectivity index (χ3n) is 1.11. The minimum absolute atomic E-state index is 0.304. The van der Waals surface area contributed by atoms with E-state index >= 15 is 0 Å². The lowest BCUT2D eigenvalue weighted by molar-refractivity contribution is -0.140. The minimum Gasteiger partial charge on any atom is -0.480 e. The van der Waals surface area contributed by atoms with Crippen molar-refractivity contribution in [3.63, 3.8) is 0 Å². The first-order chi connectivity index (χ1) is 4.95. The lowest BCUT2D eigenvalue weighted by atomic mass is 10.3. The van der Waals surface area contributed by atoms with Crippen molar-refractivity contribution in [3.8, 4) is 0 Å². The maximum absolute atomic E-state index is 10.8. The molecule has 4 nitrogen and oxygen atoms in total. The van der Waals surface area contributed by atoms with Gasteiger partial charge in [0.25, 0.3) is 0 Å². The number of carbonyl (C=O) groups is 2. The monoisotopic (exact) mass is 157 g/mol. The van der Waals surface area contributed by atoms with E-state index in [0.29, 0.717) is 5.57 Å². The van der Waals surface area contributed by atoms with Gasteiger partial charge in [0.2, 0.25) is 5.91 Å². The Morgan fingerprint density at radius 1 is 1.55 bits per heavy atom. The number of aliphatic carboxylic acids is 1. The number of nitrogens with one attached hydrogen (secondary N) is 1. The SMILES string of the molecule is C=C(C)C(=O)N[C@@H](C)C(=O)O. The van der Waals surface area contributed by atoms with Crippen molar-refractivity contribution in [1.82, 2.24) is 5.32 Å². The molecule has 0 aromatic heterocycles. The predicted octanol–water partition coefficient (Wildman–Crippen LogP) is 0.152. The number of rotatable bonds is 3. The van der Waals surface area contributed by atoms with Crippen LogP contribution >= 0.6 is 0 Å². The van der Waals surface area contributed by atoms with Crippen LogP contribution in [0.3, 0.4) is 0 Å². The van der Waals surface area contributed by atoms with E-state index in [1.165, 1.54) is 13.8 Å². The Labute approximate surface area is 64.9 Å². The van der Waals surface area contributed by atoms with Gasteiger partial charge in [-0.25, -0.2) is 0 Å². The summed E-state index contributed by atoms with van der Waals surface area (Å²) in [6.45, 7) is 6.27. The Bertz CT molecular complexity index is 198. The number of hydrogen-bond donors (Lipinski definition) is 2. The molecule has 0 aliphatic rings. The van der Waals surface area contributed by atoms with Gasteiger partial charge >= 0.3 is 5.97 Å². The van der Waals surface area contributed by atoms with Crippen molar-refractivity contribution in [3.05, 3.63) is 12.2 Å². The molecule has 62 valence electrons. The molecule has 0 rings (SSSR count). The quantitative estimate of drug-likeness (QED) is 0.573. The highest BCUT2D eigenvalue weighted by atomic mass is 16.4. The first-order valence-electron chi connectivity index (χ1n) is 3.14. The summed E-state index contributed by atoms with van der Waals surface area (Å²) in [6.07, 6.45) is 0. The number of carboxylic acids is 1. The van der Waals surface area contributed by atoms with Gasteiger partial charge in [-0.15, -0.1) is 0 Å². The molecule has 0 saturated carbocycles. The van der Waals surface area contributed by atoms with E-state index in [0.717, 1.165) is 0 Å². The summed E-state index contributed by atoms with van der Waals surface area (Å²) in [4.78, 5) is 21.0. The second kappa shape index (κ2) is 3.75. The molecular formula is C7H11NO3. The first kappa shape index (κ1) is 9.68. The van der Waals surface area contributed by atoms with Crippen molar-refractivity contribution in [2.75, 3.05) is 0 Å². The molecule has 0 aromatic carbocycles. The van der Waals surface area contributed by atoms with Gasteiger partial charge in [0.1, 0.15) is 6.04 Å². The summed E-state index contributed by atoms with van der Waals surface area (Å²) in [5.41, 5.74) is 0.304. The molecule has 2 N–H and O–H groups in total. The Balaban J connectivity index is 3.95. The van der Waals surface area contributed by atoms with Crippen LogP contribution in [0.5, 0.6) is 0 Å². The fourth-order valence-corrected chi connectivity index (χ4v) is 0.382. The van der Waals surface area contributed by atoms with Crippen molar-refractivity contribution in [1.29, 1.82) is 0 Å². The molecule has 0 bridgehead atoms. The number of amides is 1. The van der Waals surface area contributed by atoms with Gasteiger partial charge in [0, 0.05) is 5.57 Å². The molecule has 1 atom stereocenters. The molecule has 0 spiro atoms. The lowest BCUT2D eigenvalue weighted by Gasteiger charge is -2.07. The maximum Gasteiger partial charge on any atom is 0.325 e. The van der Waals surface area contributed by atoms with Crippen molar-refractivity contribution in [2.24, 2.45) is 0 Å². The molecule has 0 unspecified atom stereocenters. The Morgan fingerprint density at radius 3 is 2.27 bits per heavy atom. The van der Waals surface area contributed by atoms with Gasteiger partial charge in [0.15, 0.2) is 0 Å². The third kappa shape index (κ3) is 3.40. The van der Waals surface area contributed by atoms with E-state index < -0.39 is 17.9 Å². The highest BCUT2D eigenvalue weighted by Crippen LogP contribution is 1.88. The topological polar surface area (TPSA) is 66.4 Å². The Hall–Kier alpha value is -1.32. The van der Waals surface area contributed by atoms with Gasteiger partial charge in [-0.05, 0) is 13.8 Å². The molecule has 0 aromatic rings. The molecule has 0 radical (unpaired) electrons. The van der Waals surface area contributed by atoms with Crippen LogP contribution in [-0.4, -0.2) is 23.0 Å². The van der Waals surface area contributed by atoms with Crippen LogP contribution in [0.4, 0.5) is 0 Å². The van der Waals surface area contributed by atoms with E-state index in [-0.39, 0.29) is 0 Å². The fraction of sp³-hybridized carbons (Fsp3) is 0.429. The van der Waals surface area contributed by atoms with Gasteiger partial charge in [0.05, 0.1) is 0 Å². The largest absolute Gasteiger partial charge is 0.480 e. The second-order valence-corrected chi connectivity index (χ2v) is 2.31. The molecule has 1 amide bonds. The summed E-state index contributed by atoms with van der Waals surface area (Å²) in [5, 5.41) is 10.6. The lowest BCUT2D eigenvalue weighted by Crippen LogP contribution is -2.38. The summed E-state index contributed by atoms with van der Waals surface area (Å²) >= 11 is 0.